The van der Waals surface area contributed by atoms with Crippen LogP contribution in [0.2, 0.25) is 0 Å². The van der Waals surface area contributed by atoms with Crippen molar-refractivity contribution < 1.29 is 5.11 Å². The second-order valence-corrected chi connectivity index (χ2v) is 3.28. The molecule has 0 saturated heterocycles. The summed E-state index contributed by atoms with van der Waals surface area (Å²) in [6.45, 7) is 0.198. The summed E-state index contributed by atoms with van der Waals surface area (Å²) in [5, 5.41) is 12.2. The Labute approximate surface area is 71.4 Å². The summed E-state index contributed by atoms with van der Waals surface area (Å²) in [6.07, 6.45) is 3.83. The van der Waals surface area contributed by atoms with E-state index in [1.807, 2.05) is 18.2 Å². The third-order valence-electron chi connectivity index (χ3n) is 2.21. The molecule has 1 aromatic heterocycles. The average Bonchev–Trinajstić information content (AvgIpc) is 2.88. The summed E-state index contributed by atoms with van der Waals surface area (Å²) < 4.78 is 0. The van der Waals surface area contributed by atoms with Crippen molar-refractivity contribution in [3.8, 4) is 0 Å². The van der Waals surface area contributed by atoms with Crippen molar-refractivity contribution in [3.63, 3.8) is 0 Å². The highest BCUT2D eigenvalue weighted by atomic mass is 16.3. The molecule has 1 saturated carbocycles. The molecule has 0 radical (unpaired) electrons. The van der Waals surface area contributed by atoms with Gasteiger partial charge in [0.05, 0.1) is 12.1 Å². The van der Waals surface area contributed by atoms with E-state index in [-0.39, 0.29) is 12.1 Å². The third-order valence-corrected chi connectivity index (χ3v) is 2.21. The first-order chi connectivity index (χ1) is 5.85. The highest BCUT2D eigenvalue weighted by molar-refractivity contribution is 5.39. The zero-order chi connectivity index (χ0) is 8.44. The molecule has 1 fully saturated rings. The van der Waals surface area contributed by atoms with E-state index in [4.69, 9.17) is 5.11 Å². The maximum Gasteiger partial charge on any atom is 0.126 e. The Bertz CT molecular complexity index is 256. The first kappa shape index (κ1) is 7.55. The molecular formula is C9H12N2O. The molecule has 2 N–H and O–H groups in total. The number of aromatic nitrogens is 1. The third kappa shape index (κ3) is 1.41. The standard InChI is InChI=1S/C9H12N2O/c12-7-9(4-5-9)11-8-3-1-2-6-10-8/h1-3,6,12H,4-5,7H2,(H,10,11). The molecular weight excluding hydrogens is 152 g/mol. The minimum Gasteiger partial charge on any atom is -0.394 e. The Balaban J connectivity index is 2.04. The van der Waals surface area contributed by atoms with Crippen molar-refractivity contribution >= 4 is 5.82 Å². The van der Waals surface area contributed by atoms with Gasteiger partial charge in [-0.25, -0.2) is 4.98 Å². The molecule has 0 aliphatic heterocycles. The van der Waals surface area contributed by atoms with Crippen LogP contribution in [0.15, 0.2) is 24.4 Å². The van der Waals surface area contributed by atoms with Crippen LogP contribution in [0.25, 0.3) is 0 Å². The van der Waals surface area contributed by atoms with Crippen molar-refractivity contribution in [1.82, 2.24) is 4.98 Å². The van der Waals surface area contributed by atoms with E-state index in [1.165, 1.54) is 0 Å². The van der Waals surface area contributed by atoms with Gasteiger partial charge in [0.15, 0.2) is 0 Å². The molecule has 2 rings (SSSR count). The van der Waals surface area contributed by atoms with Crippen LogP contribution in [0, 0.1) is 0 Å². The van der Waals surface area contributed by atoms with Gasteiger partial charge in [-0.2, -0.15) is 0 Å². The summed E-state index contributed by atoms with van der Waals surface area (Å²) >= 11 is 0. The van der Waals surface area contributed by atoms with Gasteiger partial charge in [-0.3, -0.25) is 0 Å². The quantitative estimate of drug-likeness (QED) is 0.701. The second-order valence-electron chi connectivity index (χ2n) is 3.28. The fraction of sp³-hybridized carbons (Fsp3) is 0.444. The molecule has 0 amide bonds. The lowest BCUT2D eigenvalue weighted by Gasteiger charge is -2.14. The molecule has 1 aliphatic carbocycles. The van der Waals surface area contributed by atoms with Crippen LogP contribution in [-0.4, -0.2) is 22.2 Å². The number of nitrogens with zero attached hydrogens (tertiary/aromatic N) is 1. The lowest BCUT2D eigenvalue weighted by Crippen LogP contribution is -2.25. The number of pyridine rings is 1. The maximum atomic E-state index is 9.03. The van der Waals surface area contributed by atoms with E-state index in [0.717, 1.165) is 18.7 Å². The van der Waals surface area contributed by atoms with Gasteiger partial charge in [-0.1, -0.05) is 6.07 Å². The summed E-state index contributed by atoms with van der Waals surface area (Å²) in [5.74, 6) is 0.851. The summed E-state index contributed by atoms with van der Waals surface area (Å²) in [5.41, 5.74) is -0.0612. The number of aliphatic hydroxyl groups is 1. The fourth-order valence-electron chi connectivity index (χ4n) is 1.18. The van der Waals surface area contributed by atoms with Crippen molar-refractivity contribution in [2.24, 2.45) is 0 Å². The topological polar surface area (TPSA) is 45.1 Å². The molecule has 0 bridgehead atoms. The van der Waals surface area contributed by atoms with Crippen molar-refractivity contribution in [2.75, 3.05) is 11.9 Å². The maximum absolute atomic E-state index is 9.03. The predicted molar refractivity (Wildman–Crippen MR) is 46.9 cm³/mol. The molecule has 1 aromatic rings. The van der Waals surface area contributed by atoms with Crippen molar-refractivity contribution in [2.45, 2.75) is 18.4 Å². The number of aliphatic hydroxyl groups excluding tert-OH is 1. The number of hydrogen-bond donors (Lipinski definition) is 2. The molecule has 3 heteroatoms. The first-order valence-corrected chi connectivity index (χ1v) is 4.15. The summed E-state index contributed by atoms with van der Waals surface area (Å²) in [6, 6.07) is 5.72. The molecule has 0 atom stereocenters. The van der Waals surface area contributed by atoms with Crippen molar-refractivity contribution in [3.05, 3.63) is 24.4 Å². The zero-order valence-corrected chi connectivity index (χ0v) is 6.83. The van der Waals surface area contributed by atoms with Gasteiger partial charge in [-0.15, -0.1) is 0 Å². The van der Waals surface area contributed by atoms with E-state index in [0.29, 0.717) is 0 Å². The van der Waals surface area contributed by atoms with Gasteiger partial charge < -0.3 is 10.4 Å². The Morgan fingerprint density at radius 1 is 1.50 bits per heavy atom. The largest absolute Gasteiger partial charge is 0.394 e. The Hall–Kier alpha value is -1.09. The van der Waals surface area contributed by atoms with Gasteiger partial charge in [0.2, 0.25) is 0 Å². The van der Waals surface area contributed by atoms with Crippen LogP contribution < -0.4 is 5.32 Å². The normalized spacial score (nSPS) is 18.8. The zero-order valence-electron chi connectivity index (χ0n) is 6.83. The molecule has 3 nitrogen and oxygen atoms in total. The highest BCUT2D eigenvalue weighted by Gasteiger charge is 2.42. The van der Waals surface area contributed by atoms with Crippen LogP contribution in [0.5, 0.6) is 0 Å². The van der Waals surface area contributed by atoms with E-state index in [9.17, 15) is 0 Å². The van der Waals surface area contributed by atoms with E-state index in [2.05, 4.69) is 10.3 Å². The fourth-order valence-corrected chi connectivity index (χ4v) is 1.18. The highest BCUT2D eigenvalue weighted by Crippen LogP contribution is 2.37. The van der Waals surface area contributed by atoms with Gasteiger partial charge in [0.1, 0.15) is 5.82 Å². The monoisotopic (exact) mass is 164 g/mol. The average molecular weight is 164 g/mol. The predicted octanol–water partition coefficient (Wildman–Crippen LogP) is 1.02. The number of hydrogen-bond acceptors (Lipinski definition) is 3. The molecule has 0 spiro atoms. The molecule has 1 aliphatic rings. The molecule has 0 aromatic carbocycles. The Morgan fingerprint density at radius 3 is 2.83 bits per heavy atom. The SMILES string of the molecule is OCC1(Nc2ccccn2)CC1. The first-order valence-electron chi connectivity index (χ1n) is 4.15. The minimum atomic E-state index is -0.0612. The van der Waals surface area contributed by atoms with Crippen LogP contribution >= 0.6 is 0 Å². The smallest absolute Gasteiger partial charge is 0.126 e. The Kier molecular flexibility index (Phi) is 1.73. The Morgan fingerprint density at radius 2 is 2.33 bits per heavy atom. The summed E-state index contributed by atoms with van der Waals surface area (Å²) in [7, 11) is 0. The minimum absolute atomic E-state index is 0.0612. The van der Waals surface area contributed by atoms with Gasteiger partial charge in [-0.05, 0) is 25.0 Å². The van der Waals surface area contributed by atoms with E-state index < -0.39 is 0 Å². The second kappa shape index (κ2) is 2.75. The summed E-state index contributed by atoms with van der Waals surface area (Å²) in [4.78, 5) is 4.13. The molecule has 0 unspecified atom stereocenters. The lowest BCUT2D eigenvalue weighted by molar-refractivity contribution is 0.266. The number of anilines is 1. The van der Waals surface area contributed by atoms with Crippen molar-refractivity contribution in [1.29, 1.82) is 0 Å². The van der Waals surface area contributed by atoms with Crippen LogP contribution in [0.3, 0.4) is 0 Å². The van der Waals surface area contributed by atoms with Gasteiger partial charge in [0.25, 0.3) is 0 Å². The molecule has 12 heavy (non-hydrogen) atoms. The van der Waals surface area contributed by atoms with E-state index >= 15 is 0 Å². The molecule has 64 valence electrons. The number of nitrogens with one attached hydrogen (secondary N) is 1. The number of rotatable bonds is 3. The van der Waals surface area contributed by atoms with Crippen LogP contribution in [0.1, 0.15) is 12.8 Å². The van der Waals surface area contributed by atoms with Crippen LogP contribution in [-0.2, 0) is 0 Å². The van der Waals surface area contributed by atoms with Crippen LogP contribution in [0.4, 0.5) is 5.82 Å². The van der Waals surface area contributed by atoms with E-state index in [1.54, 1.807) is 6.20 Å². The lowest BCUT2D eigenvalue weighted by atomic mass is 10.3. The molecule has 1 heterocycles. The van der Waals surface area contributed by atoms with Gasteiger partial charge in [0, 0.05) is 6.20 Å². The van der Waals surface area contributed by atoms with Gasteiger partial charge >= 0.3 is 0 Å².